The summed E-state index contributed by atoms with van der Waals surface area (Å²) in [4.78, 5) is 16.9. The Labute approximate surface area is 142 Å². The number of benzene rings is 1. The Bertz CT molecular complexity index is 738. The van der Waals surface area contributed by atoms with E-state index in [1.165, 1.54) is 11.1 Å². The molecule has 2 aromatic rings. The molecule has 1 aromatic heterocycles. The fourth-order valence-electron chi connectivity index (χ4n) is 3.98. The lowest BCUT2D eigenvalue weighted by atomic mass is 9.81. The maximum atomic E-state index is 12.5. The summed E-state index contributed by atoms with van der Waals surface area (Å²) in [7, 11) is 0. The van der Waals surface area contributed by atoms with Crippen LogP contribution in [0.1, 0.15) is 42.8 Å². The van der Waals surface area contributed by atoms with E-state index in [4.69, 9.17) is 0 Å². The van der Waals surface area contributed by atoms with Gasteiger partial charge in [0, 0.05) is 31.4 Å². The van der Waals surface area contributed by atoms with Gasteiger partial charge in [0.1, 0.15) is 5.82 Å². The molecule has 0 saturated heterocycles. The molecule has 4 rings (SSSR count). The molecule has 5 nitrogen and oxygen atoms in total. The minimum absolute atomic E-state index is 0.0615. The van der Waals surface area contributed by atoms with Gasteiger partial charge in [-0.25, -0.2) is 9.78 Å². The third-order valence-corrected chi connectivity index (χ3v) is 5.40. The molecule has 1 aliphatic carbocycles. The Balaban J connectivity index is 1.41. The normalized spacial score (nSPS) is 25.5. The van der Waals surface area contributed by atoms with Gasteiger partial charge in [0.25, 0.3) is 0 Å². The second-order valence-corrected chi connectivity index (χ2v) is 7.04. The molecule has 2 aliphatic rings. The second-order valence-electron chi connectivity index (χ2n) is 7.04. The van der Waals surface area contributed by atoms with Gasteiger partial charge in [-0.3, -0.25) is 0 Å². The van der Waals surface area contributed by atoms with Gasteiger partial charge < -0.3 is 15.2 Å². The lowest BCUT2D eigenvalue weighted by molar-refractivity contribution is 0.223. The number of amides is 2. The quantitative estimate of drug-likeness (QED) is 0.892. The van der Waals surface area contributed by atoms with E-state index in [1.807, 2.05) is 12.4 Å². The number of nitrogens with one attached hydrogen (secondary N) is 2. The van der Waals surface area contributed by atoms with Crippen LogP contribution in [-0.4, -0.2) is 21.6 Å². The van der Waals surface area contributed by atoms with E-state index in [2.05, 4.69) is 51.4 Å². The molecule has 3 atom stereocenters. The van der Waals surface area contributed by atoms with Gasteiger partial charge >= 0.3 is 6.03 Å². The molecule has 3 unspecified atom stereocenters. The van der Waals surface area contributed by atoms with Gasteiger partial charge in [-0.05, 0) is 36.3 Å². The van der Waals surface area contributed by atoms with E-state index in [9.17, 15) is 4.79 Å². The Morgan fingerprint density at radius 2 is 2.12 bits per heavy atom. The molecule has 1 aromatic carbocycles. The fourth-order valence-corrected chi connectivity index (χ4v) is 3.98. The lowest BCUT2D eigenvalue weighted by Gasteiger charge is -2.33. The van der Waals surface area contributed by atoms with Crippen molar-refractivity contribution in [2.24, 2.45) is 5.92 Å². The first-order valence-corrected chi connectivity index (χ1v) is 8.85. The van der Waals surface area contributed by atoms with Crippen LogP contribution >= 0.6 is 0 Å². The molecule has 0 bridgehead atoms. The van der Waals surface area contributed by atoms with Crippen LogP contribution in [0.2, 0.25) is 0 Å². The Morgan fingerprint density at radius 1 is 1.25 bits per heavy atom. The molecule has 126 valence electrons. The topological polar surface area (TPSA) is 59.0 Å². The van der Waals surface area contributed by atoms with Gasteiger partial charge in [-0.1, -0.05) is 31.2 Å². The van der Waals surface area contributed by atoms with E-state index in [1.54, 1.807) is 0 Å². The molecule has 1 aliphatic heterocycles. The predicted molar refractivity (Wildman–Crippen MR) is 92.7 cm³/mol. The molecular weight excluding hydrogens is 300 g/mol. The highest BCUT2D eigenvalue weighted by Gasteiger charge is 2.28. The molecule has 2 amide bonds. The highest BCUT2D eigenvalue weighted by Crippen LogP contribution is 2.33. The van der Waals surface area contributed by atoms with Crippen molar-refractivity contribution in [1.29, 1.82) is 0 Å². The van der Waals surface area contributed by atoms with Crippen molar-refractivity contribution in [3.63, 3.8) is 0 Å². The van der Waals surface area contributed by atoms with Crippen LogP contribution in [0.15, 0.2) is 36.7 Å². The number of hydrogen-bond acceptors (Lipinski definition) is 2. The molecule has 5 heteroatoms. The highest BCUT2D eigenvalue weighted by molar-refractivity contribution is 5.75. The number of hydrogen-bond donors (Lipinski definition) is 2. The summed E-state index contributed by atoms with van der Waals surface area (Å²) in [6, 6.07) is 8.66. The highest BCUT2D eigenvalue weighted by atomic mass is 16.2. The molecule has 0 radical (unpaired) electrons. The van der Waals surface area contributed by atoms with Crippen LogP contribution in [0.25, 0.3) is 0 Å². The number of aryl methyl sites for hydroxylation is 2. The van der Waals surface area contributed by atoms with Crippen LogP contribution < -0.4 is 10.6 Å². The van der Waals surface area contributed by atoms with Crippen molar-refractivity contribution in [3.05, 3.63) is 53.6 Å². The molecule has 24 heavy (non-hydrogen) atoms. The zero-order chi connectivity index (χ0) is 16.5. The van der Waals surface area contributed by atoms with Gasteiger partial charge in [0.2, 0.25) is 0 Å². The number of nitrogens with zero attached hydrogens (tertiary/aromatic N) is 2. The third-order valence-electron chi connectivity index (χ3n) is 5.40. The largest absolute Gasteiger partial charge is 0.335 e. The van der Waals surface area contributed by atoms with Crippen molar-refractivity contribution < 1.29 is 4.79 Å². The van der Waals surface area contributed by atoms with Gasteiger partial charge in [-0.15, -0.1) is 0 Å². The first kappa shape index (κ1) is 15.2. The van der Waals surface area contributed by atoms with Crippen molar-refractivity contribution in [3.8, 4) is 0 Å². The van der Waals surface area contributed by atoms with Gasteiger partial charge in [0.15, 0.2) is 0 Å². The van der Waals surface area contributed by atoms with Crippen molar-refractivity contribution in [2.45, 2.75) is 51.2 Å². The van der Waals surface area contributed by atoms with E-state index in [0.29, 0.717) is 5.92 Å². The van der Waals surface area contributed by atoms with Gasteiger partial charge in [0.05, 0.1) is 6.04 Å². The van der Waals surface area contributed by atoms with E-state index < -0.39 is 0 Å². The zero-order valence-electron chi connectivity index (χ0n) is 14.0. The van der Waals surface area contributed by atoms with Crippen LogP contribution in [0.3, 0.4) is 0 Å². The number of imidazole rings is 1. The van der Waals surface area contributed by atoms with Crippen LogP contribution in [0.4, 0.5) is 4.79 Å². The van der Waals surface area contributed by atoms with E-state index in [-0.39, 0.29) is 18.1 Å². The summed E-state index contributed by atoms with van der Waals surface area (Å²) in [5.41, 5.74) is 2.63. The summed E-state index contributed by atoms with van der Waals surface area (Å²) in [6.45, 7) is 3.14. The number of urea groups is 1. The molecule has 2 heterocycles. The summed E-state index contributed by atoms with van der Waals surface area (Å²) in [5.74, 6) is 1.51. The number of fused-ring (bicyclic) bond motifs is 2. The predicted octanol–water partition coefficient (Wildman–Crippen LogP) is 2.82. The molecule has 0 spiro atoms. The van der Waals surface area contributed by atoms with Crippen molar-refractivity contribution in [1.82, 2.24) is 20.2 Å². The molecule has 0 saturated carbocycles. The summed E-state index contributed by atoms with van der Waals surface area (Å²) >= 11 is 0. The van der Waals surface area contributed by atoms with E-state index in [0.717, 1.165) is 38.1 Å². The Kier molecular flexibility index (Phi) is 4.00. The first-order chi connectivity index (χ1) is 11.7. The number of carbonyl (C=O) groups is 1. The number of aromatic nitrogens is 2. The monoisotopic (exact) mass is 324 g/mol. The van der Waals surface area contributed by atoms with E-state index >= 15 is 0 Å². The minimum Gasteiger partial charge on any atom is -0.335 e. The SMILES string of the molecule is CC1CCc2ccccc2C1NC(=O)NC1CCn2ccnc2C1. The first-order valence-electron chi connectivity index (χ1n) is 8.85. The molecule has 0 fully saturated rings. The smallest absolute Gasteiger partial charge is 0.315 e. The van der Waals surface area contributed by atoms with Gasteiger partial charge in [-0.2, -0.15) is 0 Å². The lowest BCUT2D eigenvalue weighted by Crippen LogP contribution is -2.47. The maximum absolute atomic E-state index is 12.5. The zero-order valence-corrected chi connectivity index (χ0v) is 14.0. The maximum Gasteiger partial charge on any atom is 0.315 e. The number of carbonyl (C=O) groups excluding carboxylic acids is 1. The summed E-state index contributed by atoms with van der Waals surface area (Å²) < 4.78 is 2.16. The minimum atomic E-state index is -0.0615. The standard InChI is InChI=1S/C19H24N4O/c1-13-6-7-14-4-2-3-5-16(14)18(13)22-19(24)21-15-8-10-23-11-9-20-17(23)12-15/h2-5,9,11,13,15,18H,6-8,10,12H2,1H3,(H2,21,22,24). The van der Waals surface area contributed by atoms with Crippen molar-refractivity contribution >= 4 is 6.03 Å². The van der Waals surface area contributed by atoms with Crippen LogP contribution in [0, 0.1) is 5.92 Å². The summed E-state index contributed by atoms with van der Waals surface area (Å²) in [6.07, 6.45) is 7.81. The fraction of sp³-hybridized carbons (Fsp3) is 0.474. The average Bonchev–Trinajstić information content (AvgIpc) is 3.05. The van der Waals surface area contributed by atoms with Crippen LogP contribution in [0.5, 0.6) is 0 Å². The Morgan fingerprint density at radius 3 is 3.04 bits per heavy atom. The molecule has 2 N–H and O–H groups in total. The average molecular weight is 324 g/mol. The van der Waals surface area contributed by atoms with Crippen LogP contribution in [-0.2, 0) is 19.4 Å². The number of rotatable bonds is 2. The second kappa shape index (κ2) is 6.30. The Hall–Kier alpha value is -2.30. The third kappa shape index (κ3) is 2.90. The molecular formula is C19H24N4O. The summed E-state index contributed by atoms with van der Waals surface area (Å²) in [5, 5.41) is 6.36. The van der Waals surface area contributed by atoms with Crippen molar-refractivity contribution in [2.75, 3.05) is 0 Å².